The van der Waals surface area contributed by atoms with Crippen molar-refractivity contribution in [2.24, 2.45) is 0 Å². The SMILES string of the molecule is C[N+](C)(C)C[C@@H](CC(=O)[O-])NC(=O)c1ccc(Oc2ccccc2)nc1. The molecule has 0 saturated carbocycles. The molecule has 138 valence electrons. The van der Waals surface area contributed by atoms with Gasteiger partial charge in [0.2, 0.25) is 5.88 Å². The highest BCUT2D eigenvalue weighted by atomic mass is 16.5. The zero-order valence-electron chi connectivity index (χ0n) is 15.1. The van der Waals surface area contributed by atoms with Crippen LogP contribution in [0.4, 0.5) is 0 Å². The molecule has 0 fully saturated rings. The molecule has 0 saturated heterocycles. The van der Waals surface area contributed by atoms with E-state index in [4.69, 9.17) is 4.74 Å². The molecule has 7 nitrogen and oxygen atoms in total. The molecular weight excluding hydrogens is 334 g/mol. The second-order valence-corrected chi connectivity index (χ2v) is 7.02. The lowest BCUT2D eigenvalue weighted by atomic mass is 10.1. The number of quaternary nitrogens is 1. The Kier molecular flexibility index (Phi) is 6.30. The smallest absolute Gasteiger partial charge is 0.253 e. The van der Waals surface area contributed by atoms with Crippen LogP contribution in [0.2, 0.25) is 0 Å². The van der Waals surface area contributed by atoms with Gasteiger partial charge in [-0.3, -0.25) is 4.79 Å². The Morgan fingerprint density at radius 2 is 1.85 bits per heavy atom. The molecular formula is C19H23N3O4. The fraction of sp³-hybridized carbons (Fsp3) is 0.316. The first-order valence-electron chi connectivity index (χ1n) is 8.23. The highest BCUT2D eigenvalue weighted by Gasteiger charge is 2.21. The topological polar surface area (TPSA) is 91.3 Å². The van der Waals surface area contributed by atoms with Crippen LogP contribution in [0.25, 0.3) is 0 Å². The molecule has 1 N–H and O–H groups in total. The van der Waals surface area contributed by atoms with E-state index in [-0.39, 0.29) is 12.3 Å². The quantitative estimate of drug-likeness (QED) is 0.706. The summed E-state index contributed by atoms with van der Waals surface area (Å²) >= 11 is 0. The van der Waals surface area contributed by atoms with Crippen LogP contribution in [-0.2, 0) is 4.79 Å². The van der Waals surface area contributed by atoms with E-state index in [9.17, 15) is 14.7 Å². The van der Waals surface area contributed by atoms with Gasteiger partial charge < -0.3 is 24.4 Å². The summed E-state index contributed by atoms with van der Waals surface area (Å²) in [6.07, 6.45) is 1.15. The van der Waals surface area contributed by atoms with Gasteiger partial charge in [-0.2, -0.15) is 0 Å². The zero-order valence-corrected chi connectivity index (χ0v) is 15.1. The fourth-order valence-electron chi connectivity index (χ4n) is 2.48. The number of carboxylic acid groups (broad SMARTS) is 1. The van der Waals surface area contributed by atoms with Crippen LogP contribution in [0.15, 0.2) is 48.7 Å². The Hall–Kier alpha value is -2.93. The fourth-order valence-corrected chi connectivity index (χ4v) is 2.48. The number of nitrogens with one attached hydrogen (secondary N) is 1. The van der Waals surface area contributed by atoms with E-state index in [2.05, 4.69) is 10.3 Å². The number of para-hydroxylation sites is 1. The van der Waals surface area contributed by atoms with Crippen LogP contribution >= 0.6 is 0 Å². The van der Waals surface area contributed by atoms with Crippen LogP contribution in [0.5, 0.6) is 11.6 Å². The van der Waals surface area contributed by atoms with Crippen molar-refractivity contribution in [3.8, 4) is 11.6 Å². The van der Waals surface area contributed by atoms with Crippen molar-refractivity contribution < 1.29 is 23.9 Å². The van der Waals surface area contributed by atoms with Crippen molar-refractivity contribution in [2.75, 3.05) is 27.7 Å². The second kappa shape index (κ2) is 8.44. The second-order valence-electron chi connectivity index (χ2n) is 7.02. The maximum absolute atomic E-state index is 12.4. The highest BCUT2D eigenvalue weighted by molar-refractivity contribution is 5.94. The first-order valence-corrected chi connectivity index (χ1v) is 8.23. The van der Waals surface area contributed by atoms with Crippen molar-refractivity contribution in [3.63, 3.8) is 0 Å². The van der Waals surface area contributed by atoms with Crippen LogP contribution in [0.3, 0.4) is 0 Å². The summed E-state index contributed by atoms with van der Waals surface area (Å²) in [4.78, 5) is 27.4. The predicted molar refractivity (Wildman–Crippen MR) is 94.5 cm³/mol. The van der Waals surface area contributed by atoms with Crippen LogP contribution < -0.4 is 15.2 Å². The van der Waals surface area contributed by atoms with Crippen LogP contribution in [0.1, 0.15) is 16.8 Å². The van der Waals surface area contributed by atoms with Gasteiger partial charge in [0, 0.05) is 24.7 Å². The number of ether oxygens (including phenoxy) is 1. The highest BCUT2D eigenvalue weighted by Crippen LogP contribution is 2.18. The average Bonchev–Trinajstić information content (AvgIpc) is 2.54. The third-order valence-corrected chi connectivity index (χ3v) is 3.48. The minimum Gasteiger partial charge on any atom is -0.550 e. The molecule has 0 aliphatic heterocycles. The number of carbonyl (C=O) groups excluding carboxylic acids is 2. The number of carboxylic acids is 1. The van der Waals surface area contributed by atoms with Gasteiger partial charge in [-0.15, -0.1) is 0 Å². The molecule has 0 spiro atoms. The zero-order chi connectivity index (χ0) is 19.2. The third kappa shape index (κ3) is 6.52. The van der Waals surface area contributed by atoms with Gasteiger partial charge in [-0.05, 0) is 18.2 Å². The first kappa shape index (κ1) is 19.4. The normalized spacial score (nSPS) is 12.3. The summed E-state index contributed by atoms with van der Waals surface area (Å²) in [6, 6.07) is 11.8. The standard InChI is InChI=1S/C19H23N3O4/c1-22(2,3)13-15(11-18(23)24)21-19(25)14-9-10-17(20-12-14)26-16-7-5-4-6-8-16/h4-10,12,15H,11,13H2,1-3H3,(H-,21,23,24,25)/t15-/m1/s1. The van der Waals surface area contributed by atoms with Crippen molar-refractivity contribution in [2.45, 2.75) is 12.5 Å². The number of benzene rings is 1. The maximum atomic E-state index is 12.4. The van der Waals surface area contributed by atoms with Gasteiger partial charge in [0.1, 0.15) is 5.75 Å². The Morgan fingerprint density at radius 1 is 1.15 bits per heavy atom. The Balaban J connectivity index is 2.02. The molecule has 2 aromatic rings. The van der Waals surface area contributed by atoms with E-state index < -0.39 is 12.0 Å². The summed E-state index contributed by atoms with van der Waals surface area (Å²) in [6.45, 7) is 0.461. The summed E-state index contributed by atoms with van der Waals surface area (Å²) < 4.78 is 6.10. The Bertz CT molecular complexity index is 740. The lowest BCUT2D eigenvalue weighted by molar-refractivity contribution is -0.871. The number of pyridine rings is 1. The molecule has 2 rings (SSSR count). The largest absolute Gasteiger partial charge is 0.550 e. The molecule has 0 aliphatic rings. The lowest BCUT2D eigenvalue weighted by Gasteiger charge is -2.30. The van der Waals surface area contributed by atoms with E-state index in [1.807, 2.05) is 39.3 Å². The van der Waals surface area contributed by atoms with E-state index in [1.165, 1.54) is 6.20 Å². The molecule has 26 heavy (non-hydrogen) atoms. The number of carbonyl (C=O) groups is 2. The van der Waals surface area contributed by atoms with Gasteiger partial charge in [0.05, 0.1) is 39.3 Å². The van der Waals surface area contributed by atoms with Crippen LogP contribution in [0, 0.1) is 0 Å². The Labute approximate surface area is 152 Å². The summed E-state index contributed by atoms with van der Waals surface area (Å²) in [5, 5.41) is 13.7. The molecule has 7 heteroatoms. The van der Waals surface area contributed by atoms with Gasteiger partial charge in [-0.25, -0.2) is 4.98 Å². The monoisotopic (exact) mass is 357 g/mol. The van der Waals surface area contributed by atoms with Gasteiger partial charge >= 0.3 is 0 Å². The summed E-state index contributed by atoms with van der Waals surface area (Å²) in [5.41, 5.74) is 0.329. The van der Waals surface area contributed by atoms with Gasteiger partial charge in [0.15, 0.2) is 0 Å². The first-order chi connectivity index (χ1) is 12.2. The van der Waals surface area contributed by atoms with Crippen molar-refractivity contribution in [1.29, 1.82) is 0 Å². The number of hydrogen-bond acceptors (Lipinski definition) is 5. The molecule has 1 aromatic carbocycles. The molecule has 0 aliphatic carbocycles. The summed E-state index contributed by atoms with van der Waals surface area (Å²) in [5.74, 6) is -0.573. The number of nitrogens with zero attached hydrogens (tertiary/aromatic N) is 2. The molecule has 0 bridgehead atoms. The number of aliphatic carboxylic acids is 1. The molecule has 0 radical (unpaired) electrons. The van der Waals surface area contributed by atoms with Crippen molar-refractivity contribution in [1.82, 2.24) is 10.3 Å². The minimum absolute atomic E-state index is 0.246. The number of aromatic nitrogens is 1. The van der Waals surface area contributed by atoms with Crippen molar-refractivity contribution in [3.05, 3.63) is 54.2 Å². The van der Waals surface area contributed by atoms with E-state index >= 15 is 0 Å². The summed E-state index contributed by atoms with van der Waals surface area (Å²) in [7, 11) is 5.77. The Morgan fingerprint density at radius 3 is 2.38 bits per heavy atom. The van der Waals surface area contributed by atoms with Crippen LogP contribution in [-0.4, -0.2) is 55.1 Å². The average molecular weight is 357 g/mol. The number of amides is 1. The molecule has 1 aromatic heterocycles. The molecule has 1 atom stereocenters. The van der Waals surface area contributed by atoms with Gasteiger partial charge in [-0.1, -0.05) is 18.2 Å². The van der Waals surface area contributed by atoms with E-state index in [1.54, 1.807) is 24.3 Å². The third-order valence-electron chi connectivity index (χ3n) is 3.48. The lowest BCUT2D eigenvalue weighted by Crippen LogP contribution is -2.50. The molecule has 1 amide bonds. The molecule has 0 unspecified atom stereocenters. The predicted octanol–water partition coefficient (Wildman–Crippen LogP) is 0.819. The van der Waals surface area contributed by atoms with E-state index in [0.717, 1.165) is 0 Å². The van der Waals surface area contributed by atoms with E-state index in [0.29, 0.717) is 28.2 Å². The minimum atomic E-state index is -1.20. The number of rotatable bonds is 8. The van der Waals surface area contributed by atoms with Gasteiger partial charge in [0.25, 0.3) is 5.91 Å². The van der Waals surface area contributed by atoms with Crippen molar-refractivity contribution >= 4 is 11.9 Å². The maximum Gasteiger partial charge on any atom is 0.253 e. The molecule has 1 heterocycles. The number of likely N-dealkylation sites (N-methyl/N-ethyl adjacent to an activating group) is 1. The number of hydrogen-bond donors (Lipinski definition) is 1.